The molecule has 0 radical (unpaired) electrons. The van der Waals surface area contributed by atoms with Gasteiger partial charge in [-0.15, -0.1) is 11.3 Å². The van der Waals surface area contributed by atoms with Gasteiger partial charge in [-0.2, -0.15) is 0 Å². The Kier molecular flexibility index (Phi) is 5.25. The van der Waals surface area contributed by atoms with E-state index >= 15 is 0 Å². The number of aromatic nitrogens is 1. The normalized spacial score (nSPS) is 20.4. The molecule has 0 amide bonds. The van der Waals surface area contributed by atoms with Crippen LogP contribution in [0.4, 0.5) is 0 Å². The zero-order chi connectivity index (χ0) is 11.1. The minimum Gasteiger partial charge on any atom is -0.316 e. The van der Waals surface area contributed by atoms with Crippen molar-refractivity contribution in [1.82, 2.24) is 15.6 Å². The lowest BCUT2D eigenvalue weighted by molar-refractivity contribution is 0.493. The van der Waals surface area contributed by atoms with Gasteiger partial charge in [-0.1, -0.05) is 0 Å². The summed E-state index contributed by atoms with van der Waals surface area (Å²) in [5, 5.41) is 9.04. The van der Waals surface area contributed by atoms with Gasteiger partial charge in [0, 0.05) is 18.3 Å². The molecule has 2 heterocycles. The largest absolute Gasteiger partial charge is 0.316 e. The van der Waals surface area contributed by atoms with Gasteiger partial charge in [0.25, 0.3) is 0 Å². The molecule has 1 aliphatic rings. The highest BCUT2D eigenvalue weighted by Gasteiger charge is 2.12. The summed E-state index contributed by atoms with van der Waals surface area (Å²) in [6.45, 7) is 4.67. The van der Waals surface area contributed by atoms with Gasteiger partial charge in [0.15, 0.2) is 0 Å². The molecule has 1 fully saturated rings. The highest BCUT2D eigenvalue weighted by atomic mass is 32.1. The average Bonchev–Trinajstić information content (AvgIpc) is 2.96. The van der Waals surface area contributed by atoms with Crippen molar-refractivity contribution in [3.8, 4) is 0 Å². The Labute approximate surface area is 102 Å². The number of nitrogens with zero attached hydrogens (tertiary/aromatic N) is 1. The van der Waals surface area contributed by atoms with E-state index in [0.29, 0.717) is 0 Å². The van der Waals surface area contributed by atoms with Gasteiger partial charge in [-0.25, -0.2) is 4.98 Å². The Morgan fingerprint density at radius 2 is 2.50 bits per heavy atom. The first kappa shape index (κ1) is 12.0. The molecule has 16 heavy (non-hydrogen) atoms. The van der Waals surface area contributed by atoms with Gasteiger partial charge in [-0.05, 0) is 44.8 Å². The molecule has 90 valence electrons. The second-order valence-electron chi connectivity index (χ2n) is 4.48. The van der Waals surface area contributed by atoms with Crippen LogP contribution in [0.2, 0.25) is 0 Å². The number of rotatable bonds is 7. The number of hydrogen-bond acceptors (Lipinski definition) is 4. The van der Waals surface area contributed by atoms with E-state index in [1.165, 1.54) is 38.0 Å². The monoisotopic (exact) mass is 239 g/mol. The van der Waals surface area contributed by atoms with Crippen LogP contribution in [0.3, 0.4) is 0 Å². The van der Waals surface area contributed by atoms with E-state index in [1.807, 2.05) is 5.51 Å². The molecule has 0 aliphatic carbocycles. The first-order valence-corrected chi connectivity index (χ1v) is 7.18. The van der Waals surface area contributed by atoms with Gasteiger partial charge in [0.1, 0.15) is 0 Å². The Balaban J connectivity index is 1.43. The molecule has 1 aromatic rings. The summed E-state index contributed by atoms with van der Waals surface area (Å²) >= 11 is 1.68. The first-order chi connectivity index (χ1) is 7.95. The van der Waals surface area contributed by atoms with Crippen molar-refractivity contribution in [2.45, 2.75) is 25.7 Å². The SMILES string of the molecule is c1nc(CCNCCCC2CCNC2)cs1. The predicted molar refractivity (Wildman–Crippen MR) is 68.9 cm³/mol. The van der Waals surface area contributed by atoms with Crippen molar-refractivity contribution < 1.29 is 0 Å². The maximum atomic E-state index is 4.27. The quantitative estimate of drug-likeness (QED) is 0.711. The summed E-state index contributed by atoms with van der Waals surface area (Å²) in [7, 11) is 0. The van der Waals surface area contributed by atoms with Crippen LogP contribution >= 0.6 is 11.3 Å². The van der Waals surface area contributed by atoms with Crippen LogP contribution in [-0.2, 0) is 6.42 Å². The van der Waals surface area contributed by atoms with Crippen LogP contribution in [0.1, 0.15) is 25.0 Å². The maximum absolute atomic E-state index is 4.27. The van der Waals surface area contributed by atoms with Crippen molar-refractivity contribution in [3.63, 3.8) is 0 Å². The van der Waals surface area contributed by atoms with E-state index in [2.05, 4.69) is 21.0 Å². The Hall–Kier alpha value is -0.450. The lowest BCUT2D eigenvalue weighted by atomic mass is 10.0. The van der Waals surface area contributed by atoms with Crippen molar-refractivity contribution in [2.24, 2.45) is 5.92 Å². The van der Waals surface area contributed by atoms with Crippen LogP contribution in [0.15, 0.2) is 10.9 Å². The lowest BCUT2D eigenvalue weighted by Gasteiger charge is -2.08. The molecule has 3 nitrogen and oxygen atoms in total. The van der Waals surface area contributed by atoms with Gasteiger partial charge < -0.3 is 10.6 Å². The molecular formula is C12H21N3S. The van der Waals surface area contributed by atoms with Gasteiger partial charge >= 0.3 is 0 Å². The van der Waals surface area contributed by atoms with Crippen molar-refractivity contribution in [2.75, 3.05) is 26.2 Å². The minimum atomic E-state index is 0.931. The van der Waals surface area contributed by atoms with E-state index in [4.69, 9.17) is 0 Å². The van der Waals surface area contributed by atoms with Crippen molar-refractivity contribution in [3.05, 3.63) is 16.6 Å². The standard InChI is InChI=1S/C12H21N3S/c1(2-11-3-6-14-8-11)5-13-7-4-12-9-16-10-15-12/h9-11,13-14H,1-8H2. The molecule has 0 spiro atoms. The zero-order valence-corrected chi connectivity index (χ0v) is 10.6. The highest BCUT2D eigenvalue weighted by molar-refractivity contribution is 7.07. The second-order valence-corrected chi connectivity index (χ2v) is 5.20. The number of nitrogens with one attached hydrogen (secondary N) is 2. The van der Waals surface area contributed by atoms with Crippen LogP contribution < -0.4 is 10.6 Å². The van der Waals surface area contributed by atoms with E-state index < -0.39 is 0 Å². The topological polar surface area (TPSA) is 37.0 Å². The third-order valence-electron chi connectivity index (χ3n) is 3.17. The molecule has 1 aliphatic heterocycles. The second kappa shape index (κ2) is 6.99. The molecule has 1 atom stereocenters. The molecule has 1 unspecified atom stereocenters. The molecule has 2 rings (SSSR count). The summed E-state index contributed by atoms with van der Waals surface area (Å²) in [5.41, 5.74) is 3.13. The zero-order valence-electron chi connectivity index (χ0n) is 9.74. The predicted octanol–water partition coefficient (Wildman–Crippen LogP) is 1.66. The third-order valence-corrected chi connectivity index (χ3v) is 3.80. The van der Waals surface area contributed by atoms with Crippen LogP contribution in [0, 0.1) is 5.92 Å². The summed E-state index contributed by atoms with van der Waals surface area (Å²) in [5.74, 6) is 0.931. The van der Waals surface area contributed by atoms with E-state index in [-0.39, 0.29) is 0 Å². The van der Waals surface area contributed by atoms with Crippen molar-refractivity contribution >= 4 is 11.3 Å². The summed E-state index contributed by atoms with van der Waals surface area (Å²) in [6.07, 6.45) is 5.12. The molecule has 0 aromatic carbocycles. The number of thiazole rings is 1. The van der Waals surface area contributed by atoms with E-state index in [0.717, 1.165) is 25.4 Å². The van der Waals surface area contributed by atoms with Crippen LogP contribution in [0.25, 0.3) is 0 Å². The Morgan fingerprint density at radius 1 is 1.50 bits per heavy atom. The van der Waals surface area contributed by atoms with Gasteiger partial charge in [0.2, 0.25) is 0 Å². The molecule has 1 aromatic heterocycles. The smallest absolute Gasteiger partial charge is 0.0794 e. The Morgan fingerprint density at radius 3 is 3.25 bits per heavy atom. The molecule has 0 bridgehead atoms. The number of hydrogen-bond donors (Lipinski definition) is 2. The molecule has 4 heteroatoms. The van der Waals surface area contributed by atoms with E-state index in [1.54, 1.807) is 11.3 Å². The fraction of sp³-hybridized carbons (Fsp3) is 0.750. The van der Waals surface area contributed by atoms with Crippen LogP contribution in [0.5, 0.6) is 0 Å². The molecule has 0 saturated carbocycles. The van der Waals surface area contributed by atoms with E-state index in [9.17, 15) is 0 Å². The van der Waals surface area contributed by atoms with Gasteiger partial charge in [-0.3, -0.25) is 0 Å². The van der Waals surface area contributed by atoms with Gasteiger partial charge in [0.05, 0.1) is 11.2 Å². The molecular weight excluding hydrogens is 218 g/mol. The average molecular weight is 239 g/mol. The molecule has 1 saturated heterocycles. The fourth-order valence-corrected chi connectivity index (χ4v) is 2.77. The minimum absolute atomic E-state index is 0.931. The van der Waals surface area contributed by atoms with Crippen molar-refractivity contribution in [1.29, 1.82) is 0 Å². The lowest BCUT2D eigenvalue weighted by Crippen LogP contribution is -2.19. The molecule has 2 N–H and O–H groups in total. The summed E-state index contributed by atoms with van der Waals surface area (Å²) in [4.78, 5) is 4.27. The third kappa shape index (κ3) is 4.20. The highest BCUT2D eigenvalue weighted by Crippen LogP contribution is 2.13. The fourth-order valence-electron chi connectivity index (χ4n) is 2.18. The summed E-state index contributed by atoms with van der Waals surface area (Å²) in [6, 6.07) is 0. The van der Waals surface area contributed by atoms with Crippen LogP contribution in [-0.4, -0.2) is 31.2 Å². The Bertz CT molecular complexity index is 268. The maximum Gasteiger partial charge on any atom is 0.0794 e. The first-order valence-electron chi connectivity index (χ1n) is 6.23. The summed E-state index contributed by atoms with van der Waals surface area (Å²) < 4.78 is 0.